The molecule has 0 aliphatic heterocycles. The van der Waals surface area contributed by atoms with Crippen molar-refractivity contribution < 1.29 is 42.8 Å². The lowest BCUT2D eigenvalue weighted by Crippen LogP contribution is -2.39. The first-order chi connectivity index (χ1) is 30.3. The van der Waals surface area contributed by atoms with Crippen LogP contribution < -0.4 is 36.1 Å². The Bertz CT molecular complexity index is 2320. The Kier molecular flexibility index (Phi) is 17.6. The van der Waals surface area contributed by atoms with E-state index in [1.54, 1.807) is 60.7 Å². The highest BCUT2D eigenvalue weighted by Gasteiger charge is 2.22. The second-order valence-corrected chi connectivity index (χ2v) is 15.8. The predicted octanol–water partition coefficient (Wildman–Crippen LogP) is 7.28. The molecule has 5 rings (SSSR count). The van der Waals surface area contributed by atoms with Gasteiger partial charge in [0.25, 0.3) is 5.91 Å². The van der Waals surface area contributed by atoms with E-state index in [-0.39, 0.29) is 36.9 Å². The topological polar surface area (TPSA) is 183 Å². The summed E-state index contributed by atoms with van der Waals surface area (Å²) in [5.74, 6) is 1.55. The largest absolute Gasteiger partial charge is 0.494 e. The van der Waals surface area contributed by atoms with E-state index in [0.717, 1.165) is 21.9 Å². The number of rotatable bonds is 22. The summed E-state index contributed by atoms with van der Waals surface area (Å²) in [7, 11) is 8.30. The van der Waals surface area contributed by atoms with Crippen molar-refractivity contribution in [2.75, 3.05) is 91.0 Å². The van der Waals surface area contributed by atoms with Crippen molar-refractivity contribution in [3.8, 4) is 17.2 Å². The van der Waals surface area contributed by atoms with Gasteiger partial charge < -0.3 is 59.9 Å². The van der Waals surface area contributed by atoms with Crippen molar-refractivity contribution in [3.63, 3.8) is 0 Å². The average molecular weight is 866 g/mol. The number of urea groups is 1. The molecule has 5 N–H and O–H groups in total. The summed E-state index contributed by atoms with van der Waals surface area (Å²) in [6.07, 6.45) is 0.963. The van der Waals surface area contributed by atoms with E-state index in [2.05, 4.69) is 52.3 Å². The SMILES string of the molecule is COCCOCCOCC(NC(=O)c1cccc(Nc2cc(Oc3ccc(NC(=O)Nc4cc(C(C)(C)C)cc(CNC(=O)CN(C)C)c4OC)c4ccccc34)ccn2)c1)OC. The molecule has 0 bridgehead atoms. The first-order valence-electron chi connectivity index (χ1n) is 20.5. The Hall–Kier alpha value is -6.30. The predicted molar refractivity (Wildman–Crippen MR) is 244 cm³/mol. The number of nitrogens with one attached hydrogen (secondary N) is 5. The lowest BCUT2D eigenvalue weighted by Gasteiger charge is -2.24. The van der Waals surface area contributed by atoms with Crippen LogP contribution in [0, 0.1) is 0 Å². The molecule has 16 nitrogen and oxygen atoms in total. The number of carbonyl (C=O) groups excluding carboxylic acids is 3. The number of pyridine rings is 1. The molecule has 0 radical (unpaired) electrons. The Balaban J connectivity index is 1.25. The van der Waals surface area contributed by atoms with Gasteiger partial charge in [-0.2, -0.15) is 0 Å². The number of amides is 4. The second-order valence-electron chi connectivity index (χ2n) is 15.8. The fourth-order valence-electron chi connectivity index (χ4n) is 6.38. The quantitative estimate of drug-likeness (QED) is 0.0347. The van der Waals surface area contributed by atoms with E-state index in [4.69, 9.17) is 28.4 Å². The molecule has 0 saturated heterocycles. The van der Waals surface area contributed by atoms with Crippen LogP contribution in [-0.2, 0) is 35.7 Å². The lowest BCUT2D eigenvalue weighted by atomic mass is 9.85. The first kappa shape index (κ1) is 47.7. The molecule has 0 aliphatic carbocycles. The highest BCUT2D eigenvalue weighted by atomic mass is 16.6. The van der Waals surface area contributed by atoms with Gasteiger partial charge >= 0.3 is 6.03 Å². The highest BCUT2D eigenvalue weighted by Crippen LogP contribution is 2.37. The summed E-state index contributed by atoms with van der Waals surface area (Å²) in [6, 6.07) is 25.1. The van der Waals surface area contributed by atoms with E-state index >= 15 is 0 Å². The van der Waals surface area contributed by atoms with Gasteiger partial charge in [0, 0.05) is 60.6 Å². The van der Waals surface area contributed by atoms with Gasteiger partial charge in [0.05, 0.1) is 58.1 Å². The van der Waals surface area contributed by atoms with Gasteiger partial charge in [0.1, 0.15) is 23.1 Å². The monoisotopic (exact) mass is 865 g/mol. The molecule has 4 amide bonds. The minimum Gasteiger partial charge on any atom is -0.494 e. The second kappa shape index (κ2) is 23.2. The van der Waals surface area contributed by atoms with Crippen molar-refractivity contribution in [3.05, 3.63) is 108 Å². The smallest absolute Gasteiger partial charge is 0.323 e. The molecule has 1 atom stereocenters. The van der Waals surface area contributed by atoms with Gasteiger partial charge in [-0.15, -0.1) is 0 Å². The molecule has 5 aromatic rings. The van der Waals surface area contributed by atoms with Crippen LogP contribution in [-0.4, -0.2) is 109 Å². The average Bonchev–Trinajstić information content (AvgIpc) is 3.25. The maximum absolute atomic E-state index is 13.7. The Morgan fingerprint density at radius 1 is 0.794 bits per heavy atom. The van der Waals surface area contributed by atoms with Gasteiger partial charge in [0.15, 0.2) is 6.23 Å². The summed E-state index contributed by atoms with van der Waals surface area (Å²) in [5.41, 5.74) is 3.52. The summed E-state index contributed by atoms with van der Waals surface area (Å²) >= 11 is 0. The minimum absolute atomic E-state index is 0.128. The molecule has 63 heavy (non-hydrogen) atoms. The van der Waals surface area contributed by atoms with Gasteiger partial charge in [-0.1, -0.05) is 51.1 Å². The number of aromatic nitrogens is 1. The summed E-state index contributed by atoms with van der Waals surface area (Å²) in [5, 5.41) is 16.5. The standard InChI is InChI=1S/C47H59N7O9/c1-47(2,3)33-24-32(28-49-42(55)29-54(4)5)44(60-8)39(26-33)52-46(57)51-38-16-17-40(37-15-10-9-14-36(37)38)63-35-18-19-48-41(27-35)50-34-13-11-12-31(25-34)45(56)53-43(59-7)30-62-23-22-61-21-20-58-6/h9-19,24-27,43H,20-23,28-30H2,1-8H3,(H,48,50)(H,49,55)(H,53,56)(H2,51,52,57). The van der Waals surface area contributed by atoms with Crippen LogP contribution in [0.3, 0.4) is 0 Å². The normalized spacial score (nSPS) is 11.8. The summed E-state index contributed by atoms with van der Waals surface area (Å²) in [4.78, 5) is 45.5. The van der Waals surface area contributed by atoms with Crippen LogP contribution in [0.2, 0.25) is 0 Å². The van der Waals surface area contributed by atoms with Gasteiger partial charge in [-0.25, -0.2) is 9.78 Å². The number of fused-ring (bicyclic) bond motifs is 1. The maximum atomic E-state index is 13.7. The zero-order valence-electron chi connectivity index (χ0n) is 37.3. The van der Waals surface area contributed by atoms with E-state index in [0.29, 0.717) is 72.1 Å². The van der Waals surface area contributed by atoms with Crippen molar-refractivity contribution in [2.24, 2.45) is 0 Å². The van der Waals surface area contributed by atoms with Crippen LogP contribution >= 0.6 is 0 Å². The molecular weight excluding hydrogens is 807 g/mol. The van der Waals surface area contributed by atoms with Gasteiger partial charge in [-0.3, -0.25) is 9.59 Å². The molecule has 1 heterocycles. The van der Waals surface area contributed by atoms with E-state index in [1.165, 1.54) is 14.2 Å². The number of carbonyl (C=O) groups is 3. The van der Waals surface area contributed by atoms with Gasteiger partial charge in [-0.05, 0) is 73.6 Å². The zero-order valence-corrected chi connectivity index (χ0v) is 37.3. The molecule has 0 fully saturated rings. The Labute approximate surface area is 368 Å². The number of likely N-dealkylation sites (N-methyl/N-ethyl adjacent to an activating group) is 1. The third kappa shape index (κ3) is 14.4. The van der Waals surface area contributed by atoms with E-state index in [9.17, 15) is 14.4 Å². The third-order valence-corrected chi connectivity index (χ3v) is 9.56. The molecule has 1 unspecified atom stereocenters. The maximum Gasteiger partial charge on any atom is 0.323 e. The Morgan fingerprint density at radius 3 is 2.27 bits per heavy atom. The fourth-order valence-corrected chi connectivity index (χ4v) is 6.38. The molecule has 0 spiro atoms. The molecule has 16 heteroatoms. The van der Waals surface area contributed by atoms with Crippen molar-refractivity contribution in [2.45, 2.75) is 39.0 Å². The van der Waals surface area contributed by atoms with Crippen LogP contribution in [0.25, 0.3) is 10.8 Å². The number of benzene rings is 4. The Morgan fingerprint density at radius 2 is 1.54 bits per heavy atom. The molecule has 336 valence electrons. The number of hydrogen-bond donors (Lipinski definition) is 5. The fraction of sp³-hybridized carbons (Fsp3) is 0.362. The van der Waals surface area contributed by atoms with Gasteiger partial charge in [0.2, 0.25) is 5.91 Å². The highest BCUT2D eigenvalue weighted by molar-refractivity contribution is 6.08. The molecule has 4 aromatic carbocycles. The minimum atomic E-state index is -0.656. The number of anilines is 4. The van der Waals surface area contributed by atoms with E-state index < -0.39 is 12.3 Å². The van der Waals surface area contributed by atoms with Crippen molar-refractivity contribution in [1.29, 1.82) is 0 Å². The zero-order chi connectivity index (χ0) is 45.4. The van der Waals surface area contributed by atoms with Crippen LogP contribution in [0.15, 0.2) is 91.1 Å². The number of methoxy groups -OCH3 is 3. The molecular formula is C47H59N7O9. The number of hydrogen-bond acceptors (Lipinski definition) is 12. The summed E-state index contributed by atoms with van der Waals surface area (Å²) < 4.78 is 33.5. The van der Waals surface area contributed by atoms with E-state index in [1.807, 2.05) is 56.6 Å². The van der Waals surface area contributed by atoms with Crippen LogP contribution in [0.1, 0.15) is 42.3 Å². The third-order valence-electron chi connectivity index (χ3n) is 9.56. The molecule has 1 aromatic heterocycles. The lowest BCUT2D eigenvalue weighted by molar-refractivity contribution is -0.121. The first-order valence-corrected chi connectivity index (χ1v) is 20.5. The number of ether oxygens (including phenoxy) is 6. The molecule has 0 saturated carbocycles. The van der Waals surface area contributed by atoms with Crippen LogP contribution in [0.4, 0.5) is 27.7 Å². The van der Waals surface area contributed by atoms with Crippen LogP contribution in [0.5, 0.6) is 17.2 Å². The summed E-state index contributed by atoms with van der Waals surface area (Å²) in [6.45, 7) is 8.59. The van der Waals surface area contributed by atoms with Crippen molar-refractivity contribution in [1.82, 2.24) is 20.5 Å². The molecule has 0 aliphatic rings. The number of nitrogens with zero attached hydrogens (tertiary/aromatic N) is 2. The van der Waals surface area contributed by atoms with Crippen molar-refractivity contribution >= 4 is 51.5 Å².